The topological polar surface area (TPSA) is 106 Å². The van der Waals surface area contributed by atoms with Gasteiger partial charge in [0.1, 0.15) is 29.4 Å². The van der Waals surface area contributed by atoms with Gasteiger partial charge in [-0.2, -0.15) is 13.2 Å². The van der Waals surface area contributed by atoms with Gasteiger partial charge in [0.2, 0.25) is 10.0 Å². The molecule has 0 aliphatic carbocycles. The van der Waals surface area contributed by atoms with E-state index >= 15 is 0 Å². The van der Waals surface area contributed by atoms with Gasteiger partial charge in [0.25, 0.3) is 5.91 Å². The number of aryl methyl sites for hydroxylation is 1. The highest BCUT2D eigenvalue weighted by atomic mass is 32.2. The van der Waals surface area contributed by atoms with E-state index in [-0.39, 0.29) is 40.4 Å². The minimum absolute atomic E-state index is 0.0643. The van der Waals surface area contributed by atoms with Crippen molar-refractivity contribution in [1.82, 2.24) is 5.32 Å². The van der Waals surface area contributed by atoms with E-state index in [0.29, 0.717) is 33.6 Å². The maximum Gasteiger partial charge on any atom is 0.405 e. The van der Waals surface area contributed by atoms with Crippen LogP contribution in [0.3, 0.4) is 0 Å². The van der Waals surface area contributed by atoms with Gasteiger partial charge in [0, 0.05) is 41.6 Å². The molecule has 1 N–H and O–H groups in total. The quantitative estimate of drug-likeness (QED) is 0.151. The third-order valence-corrected chi connectivity index (χ3v) is 8.66. The number of halogens is 3. The molecule has 0 aliphatic heterocycles. The maximum atomic E-state index is 13.4. The molecule has 4 aromatic carbocycles. The molecule has 1 heterocycles. The second kappa shape index (κ2) is 13.0. The van der Waals surface area contributed by atoms with E-state index in [1.165, 1.54) is 31.3 Å². The Morgan fingerprint density at radius 3 is 2.26 bits per heavy atom. The summed E-state index contributed by atoms with van der Waals surface area (Å²) in [5.41, 5.74) is 2.91. The third kappa shape index (κ3) is 7.49. The van der Waals surface area contributed by atoms with Crippen molar-refractivity contribution in [2.45, 2.75) is 26.4 Å². The zero-order valence-corrected chi connectivity index (χ0v) is 26.8. The molecule has 1 amide bonds. The first-order valence-corrected chi connectivity index (χ1v) is 16.4. The van der Waals surface area contributed by atoms with E-state index in [4.69, 9.17) is 9.15 Å². The second-order valence-corrected chi connectivity index (χ2v) is 13.0. The Hall–Kier alpha value is -5.10. The fraction of sp³-hybridized carbons (Fsp3) is 0.200. The van der Waals surface area contributed by atoms with E-state index in [9.17, 15) is 31.2 Å². The number of anilines is 1. The van der Waals surface area contributed by atoms with Crippen LogP contribution in [0.4, 0.5) is 18.9 Å². The monoisotopic (exact) mass is 664 g/mol. The van der Waals surface area contributed by atoms with Crippen molar-refractivity contribution in [3.05, 3.63) is 102 Å². The third-order valence-electron chi connectivity index (χ3n) is 7.47. The Labute approximate surface area is 269 Å². The number of hydrogen-bond donors (Lipinski definition) is 1. The molecular formula is C35H31F3N2O6S. The van der Waals surface area contributed by atoms with E-state index in [0.717, 1.165) is 16.1 Å². The Kier molecular flexibility index (Phi) is 9.17. The smallest absolute Gasteiger partial charge is 0.405 e. The summed E-state index contributed by atoms with van der Waals surface area (Å²) in [6.07, 6.45) is -3.44. The number of benzene rings is 4. The number of carbonyl (C=O) groups excluding carboxylic acids is 2. The van der Waals surface area contributed by atoms with Crippen LogP contribution in [0.15, 0.2) is 89.3 Å². The number of carbonyl (C=O) groups is 2. The van der Waals surface area contributed by atoms with E-state index in [1.54, 1.807) is 43.3 Å². The zero-order valence-electron chi connectivity index (χ0n) is 25.9. The first-order chi connectivity index (χ1) is 22.1. The molecule has 0 spiro atoms. The predicted molar refractivity (Wildman–Crippen MR) is 175 cm³/mol. The number of hydrogen-bond acceptors (Lipinski definition) is 6. The molecule has 0 fully saturated rings. The highest BCUT2D eigenvalue weighted by Gasteiger charge is 2.29. The minimum Gasteiger partial charge on any atom is -0.457 e. The van der Waals surface area contributed by atoms with Crippen LogP contribution in [0.25, 0.3) is 33.4 Å². The largest absolute Gasteiger partial charge is 0.457 e. The van der Waals surface area contributed by atoms with Gasteiger partial charge in [-0.25, -0.2) is 8.42 Å². The van der Waals surface area contributed by atoms with Gasteiger partial charge in [-0.15, -0.1) is 0 Å². The Morgan fingerprint density at radius 1 is 0.915 bits per heavy atom. The van der Waals surface area contributed by atoms with E-state index in [2.05, 4.69) is 0 Å². The number of sulfonamides is 1. The number of fused-ring (bicyclic) bond motifs is 1. The van der Waals surface area contributed by atoms with Gasteiger partial charge in [-0.05, 0) is 72.6 Å². The van der Waals surface area contributed by atoms with Crippen LogP contribution in [0.2, 0.25) is 0 Å². The molecule has 47 heavy (non-hydrogen) atoms. The van der Waals surface area contributed by atoms with Gasteiger partial charge >= 0.3 is 6.18 Å². The van der Waals surface area contributed by atoms with Crippen molar-refractivity contribution in [2.75, 3.05) is 24.2 Å². The zero-order chi connectivity index (χ0) is 34.1. The Balaban J connectivity index is 1.64. The van der Waals surface area contributed by atoms with Crippen molar-refractivity contribution in [3.8, 4) is 33.9 Å². The number of ketones is 1. The predicted octanol–water partition coefficient (Wildman–Crippen LogP) is 8.15. The van der Waals surface area contributed by atoms with Crippen LogP contribution in [0.5, 0.6) is 11.5 Å². The lowest BCUT2D eigenvalue weighted by Gasteiger charge is -2.21. The van der Waals surface area contributed by atoms with Gasteiger partial charge in [-0.1, -0.05) is 31.2 Å². The summed E-state index contributed by atoms with van der Waals surface area (Å²) in [6.45, 7) is 2.16. The molecule has 0 aliphatic rings. The lowest BCUT2D eigenvalue weighted by molar-refractivity contribution is -0.123. The molecule has 5 rings (SSSR count). The number of rotatable bonds is 10. The Bertz CT molecular complexity index is 2090. The molecule has 0 saturated carbocycles. The normalized spacial score (nSPS) is 11.8. The molecular weight excluding hydrogens is 633 g/mol. The van der Waals surface area contributed by atoms with Gasteiger partial charge in [-0.3, -0.25) is 13.9 Å². The lowest BCUT2D eigenvalue weighted by Crippen LogP contribution is -2.33. The summed E-state index contributed by atoms with van der Waals surface area (Å²) in [6, 6.07) is 23.5. The van der Waals surface area contributed by atoms with Crippen molar-refractivity contribution in [3.63, 3.8) is 0 Å². The fourth-order valence-electron chi connectivity index (χ4n) is 5.06. The summed E-state index contributed by atoms with van der Waals surface area (Å²) in [7, 11) is -2.47. The van der Waals surface area contributed by atoms with Crippen LogP contribution >= 0.6 is 0 Å². The summed E-state index contributed by atoms with van der Waals surface area (Å²) < 4.78 is 76.8. The summed E-state index contributed by atoms with van der Waals surface area (Å²) >= 11 is 0. The van der Waals surface area contributed by atoms with Crippen LogP contribution in [-0.2, 0) is 10.0 Å². The van der Waals surface area contributed by atoms with Crippen molar-refractivity contribution in [2.24, 2.45) is 0 Å². The molecule has 1 aromatic heterocycles. The number of furan rings is 1. The van der Waals surface area contributed by atoms with Crippen molar-refractivity contribution >= 4 is 38.4 Å². The van der Waals surface area contributed by atoms with Gasteiger partial charge < -0.3 is 14.5 Å². The second-order valence-electron chi connectivity index (χ2n) is 11.0. The number of Topliss-reactive ketones (excluding diaryl/α,β-unsaturated/α-hetero) is 1. The molecule has 5 aromatic rings. The van der Waals surface area contributed by atoms with Crippen LogP contribution < -0.4 is 14.4 Å². The average molecular weight is 665 g/mol. The SMILES string of the molecule is CCC(=O)c1c(-c2ccc(Oc3cccc(C)c3)cc2)oc2cc(N(C)S(C)(=O)=O)c(-c3cccc(C(=O)NCC(F)(F)F)c3)cc12. The number of nitrogens with one attached hydrogen (secondary N) is 1. The fourth-order valence-corrected chi connectivity index (χ4v) is 5.57. The molecule has 8 nitrogen and oxygen atoms in total. The minimum atomic E-state index is -4.60. The molecule has 12 heteroatoms. The molecule has 0 radical (unpaired) electrons. The summed E-state index contributed by atoms with van der Waals surface area (Å²) in [5.74, 6) is 0.330. The summed E-state index contributed by atoms with van der Waals surface area (Å²) in [5, 5.41) is 2.25. The van der Waals surface area contributed by atoms with Crippen molar-refractivity contribution in [1.29, 1.82) is 0 Å². The first kappa shape index (κ1) is 33.3. The van der Waals surface area contributed by atoms with E-state index < -0.39 is 28.7 Å². The van der Waals surface area contributed by atoms with Gasteiger partial charge in [0.05, 0.1) is 17.5 Å². The molecule has 244 valence electrons. The highest BCUT2D eigenvalue weighted by molar-refractivity contribution is 7.92. The van der Waals surface area contributed by atoms with Crippen molar-refractivity contribution < 1.29 is 40.3 Å². The lowest BCUT2D eigenvalue weighted by atomic mass is 9.95. The highest BCUT2D eigenvalue weighted by Crippen LogP contribution is 2.42. The number of alkyl halides is 3. The first-order valence-electron chi connectivity index (χ1n) is 14.5. The van der Waals surface area contributed by atoms with Crippen LogP contribution in [-0.4, -0.2) is 46.1 Å². The molecule has 0 unspecified atom stereocenters. The van der Waals surface area contributed by atoms with Crippen LogP contribution in [0.1, 0.15) is 39.6 Å². The van der Waals surface area contributed by atoms with Crippen LogP contribution in [0, 0.1) is 6.92 Å². The van der Waals surface area contributed by atoms with E-state index in [1.807, 2.05) is 36.5 Å². The number of amides is 1. The average Bonchev–Trinajstić information content (AvgIpc) is 3.40. The maximum absolute atomic E-state index is 13.4. The van der Waals surface area contributed by atoms with Gasteiger partial charge in [0.15, 0.2) is 5.78 Å². The number of ether oxygens (including phenoxy) is 1. The summed E-state index contributed by atoms with van der Waals surface area (Å²) in [4.78, 5) is 26.0. The standard InChI is InChI=1S/C35H31F3N2O6S/c1-5-30(41)32-28-18-27(23-9-7-10-24(17-23)34(42)39-20-35(36,37)38)29(40(3)47(4,43)44)19-31(28)46-33(32)22-12-14-25(15-13-22)45-26-11-6-8-21(2)16-26/h6-19H,5,20H2,1-4H3,(H,39,42). The molecule has 0 bridgehead atoms. The molecule has 0 atom stereocenters. The number of nitrogens with zero attached hydrogens (tertiary/aromatic N) is 1. The Morgan fingerprint density at radius 2 is 1.62 bits per heavy atom. The molecule has 0 saturated heterocycles.